The number of aromatic nitrogens is 3. The Morgan fingerprint density at radius 2 is 1.83 bits per heavy atom. The number of fused-ring (bicyclic) bond motifs is 1. The van der Waals surface area contributed by atoms with E-state index in [1.807, 2.05) is 25.1 Å². The van der Waals surface area contributed by atoms with Crippen LogP contribution < -0.4 is 20.5 Å². The summed E-state index contributed by atoms with van der Waals surface area (Å²) in [5, 5.41) is 3.93. The number of hydrogen-bond donors (Lipinski definition) is 2. The van der Waals surface area contributed by atoms with E-state index in [0.29, 0.717) is 34.2 Å². The van der Waals surface area contributed by atoms with Crippen LogP contribution in [0.15, 0.2) is 36.5 Å². The topological polar surface area (TPSA) is 95.2 Å². The number of methoxy groups -OCH3 is 2. The molecule has 0 aliphatic rings. The molecule has 3 rings (SSSR count). The van der Waals surface area contributed by atoms with Gasteiger partial charge in [-0.25, -0.2) is 4.98 Å². The van der Waals surface area contributed by atoms with Crippen LogP contribution >= 0.6 is 0 Å². The van der Waals surface area contributed by atoms with Gasteiger partial charge < -0.3 is 20.5 Å². The number of ether oxygens (including phenoxy) is 2. The van der Waals surface area contributed by atoms with Crippen molar-refractivity contribution in [2.24, 2.45) is 0 Å². The minimum absolute atomic E-state index is 0.0526. The van der Waals surface area contributed by atoms with Crippen molar-refractivity contribution in [3.05, 3.63) is 42.2 Å². The molecular weight excluding hydrogens is 306 g/mol. The molecule has 1 unspecified atom stereocenters. The average Bonchev–Trinajstić information content (AvgIpc) is 2.61. The Hall–Kier alpha value is -3.09. The van der Waals surface area contributed by atoms with Crippen molar-refractivity contribution in [1.82, 2.24) is 15.0 Å². The van der Waals surface area contributed by atoms with Gasteiger partial charge >= 0.3 is 0 Å². The smallest absolute Gasteiger partial charge is 0.225 e. The minimum Gasteiger partial charge on any atom is -0.493 e. The summed E-state index contributed by atoms with van der Waals surface area (Å²) in [6, 6.07) is 9.25. The number of nitrogens with two attached hydrogens (primary N) is 1. The Morgan fingerprint density at radius 3 is 2.50 bits per heavy atom. The van der Waals surface area contributed by atoms with Gasteiger partial charge in [-0.3, -0.25) is 4.98 Å². The molecule has 124 valence electrons. The van der Waals surface area contributed by atoms with E-state index in [1.54, 1.807) is 32.5 Å². The molecule has 0 amide bonds. The van der Waals surface area contributed by atoms with Crippen LogP contribution in [0.1, 0.15) is 18.7 Å². The molecule has 0 saturated carbocycles. The number of hydrogen-bond acceptors (Lipinski definition) is 7. The lowest BCUT2D eigenvalue weighted by molar-refractivity contribution is 0.356. The van der Waals surface area contributed by atoms with Gasteiger partial charge in [0.15, 0.2) is 11.5 Å². The Balaban J connectivity index is 1.98. The number of pyridine rings is 1. The Morgan fingerprint density at radius 1 is 1.08 bits per heavy atom. The van der Waals surface area contributed by atoms with Crippen molar-refractivity contribution >= 4 is 22.7 Å². The number of nitrogen functional groups attached to an aromatic ring is 1. The highest BCUT2D eigenvalue weighted by molar-refractivity contribution is 5.91. The highest BCUT2D eigenvalue weighted by Crippen LogP contribution is 2.33. The fraction of sp³-hybridized carbons (Fsp3) is 0.235. The molecule has 7 heteroatoms. The van der Waals surface area contributed by atoms with E-state index >= 15 is 0 Å². The third-order valence-electron chi connectivity index (χ3n) is 3.71. The summed E-state index contributed by atoms with van der Waals surface area (Å²) in [5.41, 5.74) is 7.66. The van der Waals surface area contributed by atoms with E-state index in [-0.39, 0.29) is 6.04 Å². The average molecular weight is 325 g/mol. The van der Waals surface area contributed by atoms with Gasteiger partial charge in [0.1, 0.15) is 5.82 Å². The quantitative estimate of drug-likeness (QED) is 0.744. The first-order valence-corrected chi connectivity index (χ1v) is 7.49. The van der Waals surface area contributed by atoms with Gasteiger partial charge in [0.05, 0.1) is 31.5 Å². The lowest BCUT2D eigenvalue weighted by Gasteiger charge is -2.15. The van der Waals surface area contributed by atoms with Crippen LogP contribution in [0.25, 0.3) is 10.9 Å². The molecule has 0 fully saturated rings. The van der Waals surface area contributed by atoms with Crippen LogP contribution in [-0.2, 0) is 0 Å². The second-order valence-electron chi connectivity index (χ2n) is 5.28. The van der Waals surface area contributed by atoms with Crippen LogP contribution in [0.5, 0.6) is 11.5 Å². The summed E-state index contributed by atoms with van der Waals surface area (Å²) in [7, 11) is 3.15. The largest absolute Gasteiger partial charge is 0.493 e. The van der Waals surface area contributed by atoms with E-state index in [9.17, 15) is 0 Å². The maximum absolute atomic E-state index is 6.08. The first-order chi connectivity index (χ1) is 11.6. The Bertz CT molecular complexity index is 854. The molecule has 0 spiro atoms. The highest BCUT2D eigenvalue weighted by atomic mass is 16.5. The first kappa shape index (κ1) is 15.8. The minimum atomic E-state index is -0.0526. The third-order valence-corrected chi connectivity index (χ3v) is 3.71. The van der Waals surface area contributed by atoms with Gasteiger partial charge in [-0.2, -0.15) is 4.98 Å². The van der Waals surface area contributed by atoms with Crippen molar-refractivity contribution in [2.45, 2.75) is 13.0 Å². The van der Waals surface area contributed by atoms with Crippen LogP contribution in [0, 0.1) is 0 Å². The molecule has 1 aromatic carbocycles. The first-order valence-electron chi connectivity index (χ1n) is 7.49. The second-order valence-corrected chi connectivity index (χ2v) is 5.28. The maximum atomic E-state index is 6.08. The van der Waals surface area contributed by atoms with Gasteiger partial charge in [-0.1, -0.05) is 6.07 Å². The third kappa shape index (κ3) is 3.01. The molecule has 2 aromatic heterocycles. The number of benzene rings is 1. The van der Waals surface area contributed by atoms with Crippen LogP contribution in [0.2, 0.25) is 0 Å². The zero-order valence-electron chi connectivity index (χ0n) is 13.8. The molecule has 1 atom stereocenters. The molecule has 0 radical (unpaired) electrons. The van der Waals surface area contributed by atoms with Crippen molar-refractivity contribution in [3.8, 4) is 11.5 Å². The molecule has 3 N–H and O–H groups in total. The van der Waals surface area contributed by atoms with Gasteiger partial charge in [-0.05, 0) is 25.1 Å². The summed E-state index contributed by atoms with van der Waals surface area (Å²) >= 11 is 0. The molecule has 0 bridgehead atoms. The van der Waals surface area contributed by atoms with Gasteiger partial charge in [0.25, 0.3) is 0 Å². The van der Waals surface area contributed by atoms with Gasteiger partial charge in [0, 0.05) is 17.6 Å². The van der Waals surface area contributed by atoms with E-state index < -0.39 is 0 Å². The molecule has 2 heterocycles. The monoisotopic (exact) mass is 325 g/mol. The number of nitrogens with zero attached hydrogens (tertiary/aromatic N) is 3. The normalized spacial score (nSPS) is 12.0. The van der Waals surface area contributed by atoms with Crippen molar-refractivity contribution in [2.75, 3.05) is 25.3 Å². The number of rotatable bonds is 5. The maximum Gasteiger partial charge on any atom is 0.225 e. The van der Waals surface area contributed by atoms with Crippen LogP contribution in [0.4, 0.5) is 11.8 Å². The fourth-order valence-corrected chi connectivity index (χ4v) is 2.44. The predicted molar refractivity (Wildman–Crippen MR) is 93.3 cm³/mol. The molecule has 7 nitrogen and oxygen atoms in total. The number of anilines is 2. The molecule has 0 saturated heterocycles. The van der Waals surface area contributed by atoms with Crippen molar-refractivity contribution < 1.29 is 9.47 Å². The molecule has 0 aliphatic carbocycles. The summed E-state index contributed by atoms with van der Waals surface area (Å²) in [6.07, 6.45) is 1.75. The van der Waals surface area contributed by atoms with Gasteiger partial charge in [-0.15, -0.1) is 0 Å². The summed E-state index contributed by atoms with van der Waals surface area (Å²) in [5.74, 6) is 1.98. The van der Waals surface area contributed by atoms with Gasteiger partial charge in [0.2, 0.25) is 5.95 Å². The summed E-state index contributed by atoms with van der Waals surface area (Å²) in [4.78, 5) is 13.2. The van der Waals surface area contributed by atoms with Crippen molar-refractivity contribution in [3.63, 3.8) is 0 Å². The fourth-order valence-electron chi connectivity index (χ4n) is 2.44. The zero-order chi connectivity index (χ0) is 17.1. The van der Waals surface area contributed by atoms with Crippen LogP contribution in [0.3, 0.4) is 0 Å². The van der Waals surface area contributed by atoms with E-state index in [1.165, 1.54) is 0 Å². The van der Waals surface area contributed by atoms with E-state index in [0.717, 1.165) is 5.69 Å². The molecule has 0 aliphatic heterocycles. The summed E-state index contributed by atoms with van der Waals surface area (Å²) < 4.78 is 10.6. The molecule has 24 heavy (non-hydrogen) atoms. The van der Waals surface area contributed by atoms with E-state index in [2.05, 4.69) is 20.3 Å². The molecular formula is C17H19N5O2. The Labute approximate surface area is 139 Å². The predicted octanol–water partition coefficient (Wildman–Crippen LogP) is 2.80. The lowest BCUT2D eigenvalue weighted by atomic mass is 10.2. The second kappa shape index (κ2) is 6.57. The highest BCUT2D eigenvalue weighted by Gasteiger charge is 2.13. The van der Waals surface area contributed by atoms with Crippen LogP contribution in [-0.4, -0.2) is 29.2 Å². The zero-order valence-corrected chi connectivity index (χ0v) is 13.8. The number of nitrogens with one attached hydrogen (secondary N) is 1. The molecule has 3 aromatic rings. The standard InChI is InChI=1S/C17H19N5O2/c1-10(12-6-4-5-7-19-12)20-17-21-13-9-15(24-3)14(23-2)8-11(13)16(18)22-17/h4-10H,1-3H3,(H3,18,20,21,22). The van der Waals surface area contributed by atoms with E-state index in [4.69, 9.17) is 15.2 Å². The summed E-state index contributed by atoms with van der Waals surface area (Å²) in [6.45, 7) is 1.99. The lowest BCUT2D eigenvalue weighted by Crippen LogP contribution is -2.11. The SMILES string of the molecule is COc1cc2nc(NC(C)c3ccccn3)nc(N)c2cc1OC. The van der Waals surface area contributed by atoms with Crippen molar-refractivity contribution in [1.29, 1.82) is 0 Å². The Kier molecular flexibility index (Phi) is 4.33.